The lowest BCUT2D eigenvalue weighted by atomic mass is 10.1. The lowest BCUT2D eigenvalue weighted by Gasteiger charge is -2.15. The summed E-state index contributed by atoms with van der Waals surface area (Å²) >= 11 is 1.26. The molecule has 1 atom stereocenters. The van der Waals surface area contributed by atoms with Crippen LogP contribution in [0.25, 0.3) is 0 Å². The van der Waals surface area contributed by atoms with Crippen molar-refractivity contribution in [3.8, 4) is 18.4 Å². The van der Waals surface area contributed by atoms with E-state index in [9.17, 15) is 14.9 Å². The second-order valence-corrected chi connectivity index (χ2v) is 6.57. The van der Waals surface area contributed by atoms with Gasteiger partial charge in [-0.2, -0.15) is 5.26 Å². The predicted molar refractivity (Wildman–Crippen MR) is 94.9 cm³/mol. The van der Waals surface area contributed by atoms with Gasteiger partial charge in [-0.15, -0.1) is 6.42 Å². The summed E-state index contributed by atoms with van der Waals surface area (Å²) in [6.45, 7) is 4.17. The molecule has 0 spiro atoms. The van der Waals surface area contributed by atoms with Gasteiger partial charge in [-0.1, -0.05) is 17.7 Å². The van der Waals surface area contributed by atoms with Gasteiger partial charge < -0.3 is 15.2 Å². The Morgan fingerprint density at radius 3 is 2.92 bits per heavy atom. The highest BCUT2D eigenvalue weighted by Crippen LogP contribution is 2.39. The highest BCUT2D eigenvalue weighted by molar-refractivity contribution is 8.04. The molecule has 0 radical (unpaired) electrons. The van der Waals surface area contributed by atoms with Crippen LogP contribution in [0.3, 0.4) is 0 Å². The molecule has 8 heteroatoms. The monoisotopic (exact) mass is 357 g/mol. The third-order valence-corrected chi connectivity index (χ3v) is 5.21. The molecule has 0 saturated carbocycles. The second-order valence-electron chi connectivity index (χ2n) is 5.38. The maximum absolute atomic E-state index is 12.6. The van der Waals surface area contributed by atoms with Crippen LogP contribution >= 0.6 is 11.8 Å². The van der Waals surface area contributed by atoms with Crippen molar-refractivity contribution in [2.75, 3.05) is 13.1 Å². The lowest BCUT2D eigenvalue weighted by molar-refractivity contribution is -0.127. The lowest BCUT2D eigenvalue weighted by Crippen LogP contribution is -2.31. The van der Waals surface area contributed by atoms with Crippen LogP contribution in [0.5, 0.6) is 0 Å². The number of aryl methyl sites for hydroxylation is 2. The van der Waals surface area contributed by atoms with E-state index >= 15 is 0 Å². The van der Waals surface area contributed by atoms with Gasteiger partial charge >= 0.3 is 0 Å². The number of hydrogen-bond acceptors (Lipinski definition) is 5. The van der Waals surface area contributed by atoms with Gasteiger partial charge in [0, 0.05) is 12.2 Å². The van der Waals surface area contributed by atoms with E-state index in [1.807, 2.05) is 19.9 Å². The Kier molecular flexibility index (Phi) is 6.26. The van der Waals surface area contributed by atoms with Gasteiger partial charge in [0.1, 0.15) is 16.7 Å². The van der Waals surface area contributed by atoms with E-state index in [0.717, 1.165) is 11.4 Å². The van der Waals surface area contributed by atoms with Crippen molar-refractivity contribution in [2.45, 2.75) is 31.9 Å². The van der Waals surface area contributed by atoms with Crippen LogP contribution in [0.2, 0.25) is 0 Å². The standard InChI is InChI=1S/C17H19N5O2S/c1-4-8-19-15(23)12(9-18)17-22(5-2)16(24)14(25-17)7-6-13-11(3)20-10-21-13/h1,10,14H,5-8H2,2-3H3,(H,19,23)(H,20,21). The normalized spacial score (nSPS) is 18.6. The molecule has 1 fully saturated rings. The summed E-state index contributed by atoms with van der Waals surface area (Å²) in [4.78, 5) is 33.5. The summed E-state index contributed by atoms with van der Waals surface area (Å²) in [5, 5.41) is 11.9. The van der Waals surface area contributed by atoms with Crippen molar-refractivity contribution >= 4 is 23.6 Å². The van der Waals surface area contributed by atoms with Crippen LogP contribution in [0.4, 0.5) is 0 Å². The molecule has 1 unspecified atom stereocenters. The van der Waals surface area contributed by atoms with Crippen LogP contribution in [-0.4, -0.2) is 45.0 Å². The first-order chi connectivity index (χ1) is 12.0. The molecule has 1 saturated heterocycles. The number of terminal acetylenes is 1. The van der Waals surface area contributed by atoms with Gasteiger partial charge in [0.2, 0.25) is 5.91 Å². The van der Waals surface area contributed by atoms with Gasteiger partial charge in [0.15, 0.2) is 0 Å². The quantitative estimate of drug-likeness (QED) is 0.451. The van der Waals surface area contributed by atoms with Crippen molar-refractivity contribution in [1.82, 2.24) is 20.2 Å². The number of rotatable bonds is 6. The Bertz CT molecular complexity index is 784. The zero-order valence-corrected chi connectivity index (χ0v) is 14.9. The molecule has 1 aliphatic rings. The van der Waals surface area contributed by atoms with Gasteiger partial charge in [-0.05, 0) is 26.7 Å². The largest absolute Gasteiger partial charge is 0.348 e. The number of amides is 2. The van der Waals surface area contributed by atoms with E-state index in [1.165, 1.54) is 16.7 Å². The maximum atomic E-state index is 12.6. The van der Waals surface area contributed by atoms with Crippen LogP contribution in [0.15, 0.2) is 16.9 Å². The van der Waals surface area contributed by atoms with Crippen LogP contribution in [0, 0.1) is 30.6 Å². The van der Waals surface area contributed by atoms with Crippen molar-refractivity contribution < 1.29 is 9.59 Å². The van der Waals surface area contributed by atoms with E-state index in [2.05, 4.69) is 21.2 Å². The van der Waals surface area contributed by atoms with E-state index in [0.29, 0.717) is 24.4 Å². The Labute approximate surface area is 150 Å². The average Bonchev–Trinajstić information content (AvgIpc) is 3.15. The molecular weight excluding hydrogens is 338 g/mol. The number of nitriles is 1. The van der Waals surface area contributed by atoms with E-state index < -0.39 is 5.91 Å². The number of hydrogen-bond donors (Lipinski definition) is 2. The molecular formula is C17H19N5O2S. The highest BCUT2D eigenvalue weighted by Gasteiger charge is 2.38. The minimum atomic E-state index is -0.557. The molecule has 2 amide bonds. The van der Waals surface area contributed by atoms with Gasteiger partial charge in [-0.25, -0.2) is 4.98 Å². The fourth-order valence-electron chi connectivity index (χ4n) is 2.52. The van der Waals surface area contributed by atoms with Crippen molar-refractivity contribution in [3.63, 3.8) is 0 Å². The maximum Gasteiger partial charge on any atom is 0.265 e. The van der Waals surface area contributed by atoms with Crippen LogP contribution in [0.1, 0.15) is 24.7 Å². The number of aromatic nitrogens is 2. The predicted octanol–water partition coefficient (Wildman–Crippen LogP) is 1.10. The molecule has 7 nitrogen and oxygen atoms in total. The number of carbonyl (C=O) groups excluding carboxylic acids is 2. The molecule has 1 aromatic heterocycles. The summed E-state index contributed by atoms with van der Waals surface area (Å²) in [5.41, 5.74) is 1.82. The van der Waals surface area contributed by atoms with Gasteiger partial charge in [-0.3, -0.25) is 9.59 Å². The van der Waals surface area contributed by atoms with E-state index in [-0.39, 0.29) is 23.3 Å². The second kappa shape index (κ2) is 8.41. The Hall–Kier alpha value is -2.71. The molecule has 0 bridgehead atoms. The SMILES string of the molecule is C#CCNC(=O)C(C#N)=C1SC(CCc2nc[nH]c2C)C(=O)N1CC. The summed E-state index contributed by atoms with van der Waals surface area (Å²) in [7, 11) is 0. The highest BCUT2D eigenvalue weighted by atomic mass is 32.2. The third kappa shape index (κ3) is 4.04. The molecule has 1 aliphatic heterocycles. The number of thioether (sulfide) groups is 1. The topological polar surface area (TPSA) is 102 Å². The summed E-state index contributed by atoms with van der Waals surface area (Å²) in [6, 6.07) is 1.90. The molecule has 2 heterocycles. The first-order valence-electron chi connectivity index (χ1n) is 7.86. The fourth-order valence-corrected chi connectivity index (χ4v) is 3.86. The molecule has 2 N–H and O–H groups in total. The zero-order chi connectivity index (χ0) is 18.4. The molecule has 0 aromatic carbocycles. The summed E-state index contributed by atoms with van der Waals surface area (Å²) in [6.07, 6.45) is 7.98. The molecule has 1 aromatic rings. The number of nitrogens with one attached hydrogen (secondary N) is 2. The smallest absolute Gasteiger partial charge is 0.265 e. The third-order valence-electron chi connectivity index (χ3n) is 3.84. The molecule has 25 heavy (non-hydrogen) atoms. The van der Waals surface area contributed by atoms with E-state index in [4.69, 9.17) is 6.42 Å². The first kappa shape index (κ1) is 18.6. The minimum absolute atomic E-state index is 0.0316. The average molecular weight is 357 g/mol. The van der Waals surface area contributed by atoms with Gasteiger partial charge in [0.25, 0.3) is 5.91 Å². The molecule has 0 aliphatic carbocycles. The Morgan fingerprint density at radius 2 is 2.36 bits per heavy atom. The number of carbonyl (C=O) groups is 2. The Morgan fingerprint density at radius 1 is 1.60 bits per heavy atom. The summed E-state index contributed by atoms with van der Waals surface area (Å²) < 4.78 is 0. The minimum Gasteiger partial charge on any atom is -0.348 e. The molecule has 2 rings (SSSR count). The number of aromatic amines is 1. The number of imidazole rings is 1. The summed E-state index contributed by atoms with van der Waals surface area (Å²) in [5.74, 6) is 1.64. The molecule has 130 valence electrons. The zero-order valence-electron chi connectivity index (χ0n) is 14.1. The van der Waals surface area contributed by atoms with E-state index in [1.54, 1.807) is 6.33 Å². The first-order valence-corrected chi connectivity index (χ1v) is 8.74. The number of H-pyrrole nitrogens is 1. The van der Waals surface area contributed by atoms with Crippen molar-refractivity contribution in [1.29, 1.82) is 5.26 Å². The Balaban J connectivity index is 2.19. The van der Waals surface area contributed by atoms with Gasteiger partial charge in [0.05, 0.1) is 23.8 Å². The van der Waals surface area contributed by atoms with Crippen LogP contribution < -0.4 is 5.32 Å². The van der Waals surface area contributed by atoms with Crippen molar-refractivity contribution in [3.05, 3.63) is 28.3 Å². The fraction of sp³-hybridized carbons (Fsp3) is 0.412. The van der Waals surface area contributed by atoms with Crippen molar-refractivity contribution in [2.24, 2.45) is 0 Å². The number of nitrogens with zero attached hydrogens (tertiary/aromatic N) is 3. The van der Waals surface area contributed by atoms with Crippen LogP contribution in [-0.2, 0) is 16.0 Å².